The molecule has 2 aromatic rings. The number of hydrogen-bond donors (Lipinski definition) is 0. The molecule has 140 valence electrons. The average Bonchev–Trinajstić information content (AvgIpc) is 2.69. The van der Waals surface area contributed by atoms with Crippen LogP contribution in [0.4, 0.5) is 11.6 Å². The predicted molar refractivity (Wildman–Crippen MR) is 109 cm³/mol. The molecule has 0 bridgehead atoms. The number of benzene rings is 1. The first kappa shape index (κ1) is 18.6. The topological polar surface area (TPSA) is 35.5 Å². The number of anilines is 2. The molecule has 5 heteroatoms. The molecule has 1 aromatic heterocycles. The van der Waals surface area contributed by atoms with Crippen molar-refractivity contribution in [3.63, 3.8) is 0 Å². The lowest BCUT2D eigenvalue weighted by Crippen LogP contribution is -2.46. The lowest BCUT2D eigenvalue weighted by molar-refractivity contribution is 0.249. The van der Waals surface area contributed by atoms with Gasteiger partial charge in [-0.3, -0.25) is 4.90 Å². The molecule has 0 amide bonds. The van der Waals surface area contributed by atoms with Gasteiger partial charge < -0.3 is 9.80 Å². The number of nitrogens with zero attached hydrogens (tertiary/aromatic N) is 5. The van der Waals surface area contributed by atoms with Crippen LogP contribution < -0.4 is 9.80 Å². The lowest BCUT2D eigenvalue weighted by atomic mass is 10.2. The molecular formula is C21H31N5. The maximum absolute atomic E-state index is 4.54. The zero-order chi connectivity index (χ0) is 18.2. The van der Waals surface area contributed by atoms with E-state index in [0.29, 0.717) is 0 Å². The van der Waals surface area contributed by atoms with E-state index in [1.54, 1.807) is 6.33 Å². The second-order valence-corrected chi connectivity index (χ2v) is 6.97. The predicted octanol–water partition coefficient (Wildman–Crippen LogP) is 3.43. The van der Waals surface area contributed by atoms with E-state index in [1.165, 1.54) is 5.56 Å². The fourth-order valence-electron chi connectivity index (χ4n) is 3.54. The van der Waals surface area contributed by atoms with Gasteiger partial charge in [0, 0.05) is 51.9 Å². The summed E-state index contributed by atoms with van der Waals surface area (Å²) in [6.07, 6.45) is 3.99. The Bertz CT molecular complexity index is 646. The monoisotopic (exact) mass is 353 g/mol. The molecule has 0 spiro atoms. The highest BCUT2D eigenvalue weighted by Gasteiger charge is 2.19. The van der Waals surface area contributed by atoms with E-state index in [2.05, 4.69) is 74.9 Å². The van der Waals surface area contributed by atoms with Crippen molar-refractivity contribution in [3.8, 4) is 0 Å². The Labute approximate surface area is 157 Å². The minimum Gasteiger partial charge on any atom is -0.356 e. The Morgan fingerprint density at radius 1 is 0.923 bits per heavy atom. The maximum atomic E-state index is 4.54. The molecule has 2 heterocycles. The third kappa shape index (κ3) is 4.94. The number of rotatable bonds is 8. The summed E-state index contributed by atoms with van der Waals surface area (Å²) < 4.78 is 0. The molecule has 5 nitrogen and oxygen atoms in total. The Balaban J connectivity index is 1.59. The van der Waals surface area contributed by atoms with Crippen molar-refractivity contribution in [2.24, 2.45) is 0 Å². The molecule has 0 atom stereocenters. The van der Waals surface area contributed by atoms with Gasteiger partial charge in [0.25, 0.3) is 0 Å². The summed E-state index contributed by atoms with van der Waals surface area (Å²) in [6, 6.07) is 12.9. The summed E-state index contributed by atoms with van der Waals surface area (Å²) >= 11 is 0. The van der Waals surface area contributed by atoms with Gasteiger partial charge in [-0.15, -0.1) is 0 Å². The first-order valence-corrected chi connectivity index (χ1v) is 9.88. The fourth-order valence-corrected chi connectivity index (χ4v) is 3.54. The van der Waals surface area contributed by atoms with E-state index in [4.69, 9.17) is 0 Å². The van der Waals surface area contributed by atoms with Gasteiger partial charge in [-0.05, 0) is 18.4 Å². The van der Waals surface area contributed by atoms with Crippen LogP contribution in [0.15, 0.2) is 42.7 Å². The summed E-state index contributed by atoms with van der Waals surface area (Å²) in [7, 11) is 0. The molecule has 26 heavy (non-hydrogen) atoms. The van der Waals surface area contributed by atoms with E-state index in [0.717, 1.165) is 70.3 Å². The molecule has 1 aliphatic rings. The van der Waals surface area contributed by atoms with E-state index in [-0.39, 0.29) is 0 Å². The zero-order valence-electron chi connectivity index (χ0n) is 16.1. The van der Waals surface area contributed by atoms with Crippen molar-refractivity contribution in [3.05, 3.63) is 48.3 Å². The Hall–Kier alpha value is -2.14. The zero-order valence-corrected chi connectivity index (χ0v) is 16.1. The molecule has 1 saturated heterocycles. The Morgan fingerprint density at radius 3 is 2.27 bits per heavy atom. The molecule has 1 aliphatic heterocycles. The summed E-state index contributed by atoms with van der Waals surface area (Å²) in [6.45, 7) is 11.8. The van der Waals surface area contributed by atoms with Crippen molar-refractivity contribution in [2.45, 2.75) is 33.2 Å². The van der Waals surface area contributed by atoms with Crippen molar-refractivity contribution in [1.82, 2.24) is 14.9 Å². The third-order valence-electron chi connectivity index (χ3n) is 4.89. The van der Waals surface area contributed by atoms with Crippen LogP contribution in [0.3, 0.4) is 0 Å². The van der Waals surface area contributed by atoms with E-state index < -0.39 is 0 Å². The molecule has 0 aliphatic carbocycles. The molecule has 1 aromatic carbocycles. The van der Waals surface area contributed by atoms with Gasteiger partial charge in [-0.25, -0.2) is 9.97 Å². The molecule has 0 radical (unpaired) electrons. The second kappa shape index (κ2) is 9.53. The lowest BCUT2D eigenvalue weighted by Gasteiger charge is -2.35. The van der Waals surface area contributed by atoms with Crippen LogP contribution in [0.5, 0.6) is 0 Å². The Morgan fingerprint density at radius 2 is 1.62 bits per heavy atom. The summed E-state index contributed by atoms with van der Waals surface area (Å²) in [5, 5.41) is 0. The van der Waals surface area contributed by atoms with Crippen molar-refractivity contribution in [1.29, 1.82) is 0 Å². The minimum atomic E-state index is 1.02. The van der Waals surface area contributed by atoms with Gasteiger partial charge in [0.05, 0.1) is 0 Å². The second-order valence-electron chi connectivity index (χ2n) is 6.97. The standard InChI is InChI=1S/C21H31N5/c1-3-10-25(11-4-2)20-16-21(23-18-22-20)26-14-12-24(13-15-26)17-19-8-6-5-7-9-19/h5-9,16,18H,3-4,10-15,17H2,1-2H3. The van der Waals surface area contributed by atoms with Gasteiger partial charge in [-0.1, -0.05) is 44.2 Å². The first-order valence-electron chi connectivity index (χ1n) is 9.88. The number of hydrogen-bond acceptors (Lipinski definition) is 5. The van der Waals surface area contributed by atoms with Crippen molar-refractivity contribution >= 4 is 11.6 Å². The van der Waals surface area contributed by atoms with Crippen molar-refractivity contribution in [2.75, 3.05) is 49.1 Å². The van der Waals surface area contributed by atoms with Gasteiger partial charge in [-0.2, -0.15) is 0 Å². The highest BCUT2D eigenvalue weighted by molar-refractivity contribution is 5.50. The van der Waals surface area contributed by atoms with Gasteiger partial charge in [0.1, 0.15) is 18.0 Å². The highest BCUT2D eigenvalue weighted by atomic mass is 15.3. The average molecular weight is 354 g/mol. The maximum Gasteiger partial charge on any atom is 0.134 e. The molecule has 1 fully saturated rings. The molecule has 3 rings (SSSR count). The first-order chi connectivity index (χ1) is 12.8. The summed E-state index contributed by atoms with van der Waals surface area (Å²) in [5.41, 5.74) is 1.39. The third-order valence-corrected chi connectivity index (χ3v) is 4.89. The van der Waals surface area contributed by atoms with Gasteiger partial charge in [0.15, 0.2) is 0 Å². The molecule has 0 N–H and O–H groups in total. The van der Waals surface area contributed by atoms with Gasteiger partial charge in [0.2, 0.25) is 0 Å². The van der Waals surface area contributed by atoms with Crippen LogP contribution in [-0.4, -0.2) is 54.1 Å². The molecule has 0 saturated carbocycles. The quantitative estimate of drug-likeness (QED) is 0.727. The highest BCUT2D eigenvalue weighted by Crippen LogP contribution is 2.20. The Kier molecular flexibility index (Phi) is 6.83. The SMILES string of the molecule is CCCN(CCC)c1cc(N2CCN(Cc3ccccc3)CC2)ncn1. The van der Waals surface area contributed by atoms with Crippen LogP contribution in [0.25, 0.3) is 0 Å². The van der Waals surface area contributed by atoms with Gasteiger partial charge >= 0.3 is 0 Å². The van der Waals surface area contributed by atoms with Crippen LogP contribution in [0.2, 0.25) is 0 Å². The van der Waals surface area contributed by atoms with Crippen LogP contribution in [-0.2, 0) is 6.54 Å². The normalized spacial score (nSPS) is 15.2. The fraction of sp³-hybridized carbons (Fsp3) is 0.524. The molecule has 0 unspecified atom stereocenters. The van der Waals surface area contributed by atoms with Crippen molar-refractivity contribution < 1.29 is 0 Å². The number of aromatic nitrogens is 2. The largest absolute Gasteiger partial charge is 0.356 e. The smallest absolute Gasteiger partial charge is 0.134 e. The van der Waals surface area contributed by atoms with E-state index >= 15 is 0 Å². The summed E-state index contributed by atoms with van der Waals surface area (Å²) in [4.78, 5) is 16.4. The van der Waals surface area contributed by atoms with Crippen LogP contribution in [0.1, 0.15) is 32.3 Å². The minimum absolute atomic E-state index is 1.02. The van der Waals surface area contributed by atoms with E-state index in [9.17, 15) is 0 Å². The van der Waals surface area contributed by atoms with Crippen LogP contribution in [0, 0.1) is 0 Å². The number of piperazine rings is 1. The van der Waals surface area contributed by atoms with E-state index in [1.807, 2.05) is 0 Å². The molecular weight excluding hydrogens is 322 g/mol. The summed E-state index contributed by atoms with van der Waals surface area (Å²) in [5.74, 6) is 2.12. The van der Waals surface area contributed by atoms with Crippen LogP contribution >= 0.6 is 0 Å².